The molecule has 130 valence electrons. The van der Waals surface area contributed by atoms with Gasteiger partial charge in [-0.1, -0.05) is 0 Å². The monoisotopic (exact) mass is 352 g/mol. The summed E-state index contributed by atoms with van der Waals surface area (Å²) in [6.07, 6.45) is 1.64. The lowest BCUT2D eigenvalue weighted by atomic mass is 9.97. The lowest BCUT2D eigenvalue weighted by Crippen LogP contribution is -2.04. The van der Waals surface area contributed by atoms with Gasteiger partial charge in [0, 0.05) is 18.4 Å². The topological polar surface area (TPSA) is 101 Å². The molecular weight excluding hydrogens is 331 g/mol. The van der Waals surface area contributed by atoms with Crippen LogP contribution in [-0.2, 0) is 9.19 Å². The van der Waals surface area contributed by atoms with Gasteiger partial charge in [0.15, 0.2) is 17.3 Å². The maximum Gasteiger partial charge on any atom is 0.346 e. The molecule has 1 atom stereocenters. The normalized spacial score (nSPS) is 13.4. The summed E-state index contributed by atoms with van der Waals surface area (Å²) in [4.78, 5) is 13.4. The summed E-state index contributed by atoms with van der Waals surface area (Å²) in [5, 5.41) is 9.97. The number of rotatable bonds is 5. The van der Waals surface area contributed by atoms with Crippen LogP contribution in [0.1, 0.15) is 16.7 Å². The molecule has 0 spiro atoms. The van der Waals surface area contributed by atoms with Crippen molar-refractivity contribution in [3.05, 3.63) is 35.0 Å². The lowest BCUT2D eigenvalue weighted by Gasteiger charge is -2.16. The van der Waals surface area contributed by atoms with E-state index < -0.39 is 7.60 Å². The molecule has 0 aliphatic rings. The van der Waals surface area contributed by atoms with Crippen LogP contribution in [0.4, 0.5) is 5.82 Å². The quantitative estimate of drug-likeness (QED) is 0.559. The maximum atomic E-state index is 11.2. The van der Waals surface area contributed by atoms with Gasteiger partial charge in [0.25, 0.3) is 0 Å². The summed E-state index contributed by atoms with van der Waals surface area (Å²) in [6.45, 7) is 6.62. The van der Waals surface area contributed by atoms with Crippen LogP contribution in [0.5, 0.6) is 11.5 Å². The van der Waals surface area contributed by atoms with Gasteiger partial charge in [-0.15, -0.1) is 0 Å². The number of methoxy groups -OCH3 is 1. The second-order valence-corrected chi connectivity index (χ2v) is 7.40. The van der Waals surface area contributed by atoms with Crippen molar-refractivity contribution < 1.29 is 23.9 Å². The number of nitrogens with one attached hydrogen (secondary N) is 1. The molecule has 1 heterocycles. The fourth-order valence-corrected chi connectivity index (χ4v) is 2.54. The Bertz CT molecular complexity index is 817. The summed E-state index contributed by atoms with van der Waals surface area (Å²) in [5.74, 6) is 0.867. The van der Waals surface area contributed by atoms with E-state index >= 15 is 0 Å². The van der Waals surface area contributed by atoms with E-state index in [0.717, 1.165) is 28.9 Å². The molecule has 0 radical (unpaired) electrons. The van der Waals surface area contributed by atoms with Crippen LogP contribution in [0.3, 0.4) is 0 Å². The Morgan fingerprint density at radius 2 is 1.88 bits per heavy atom. The van der Waals surface area contributed by atoms with Gasteiger partial charge < -0.3 is 14.7 Å². The Morgan fingerprint density at radius 3 is 2.46 bits per heavy atom. The van der Waals surface area contributed by atoms with Crippen molar-refractivity contribution in [2.45, 2.75) is 20.8 Å². The van der Waals surface area contributed by atoms with E-state index in [2.05, 4.69) is 10.5 Å². The molecule has 0 fully saturated rings. The fraction of sp³-hybridized carbons (Fsp3) is 0.312. The van der Waals surface area contributed by atoms with Gasteiger partial charge >= 0.3 is 7.60 Å². The molecule has 2 rings (SSSR count). The van der Waals surface area contributed by atoms with Gasteiger partial charge in [-0.3, -0.25) is 4.57 Å². The summed E-state index contributed by atoms with van der Waals surface area (Å²) in [5.41, 5.74) is 6.54. The predicted molar refractivity (Wildman–Crippen MR) is 92.6 cm³/mol. The fourth-order valence-electron chi connectivity index (χ4n) is 2.28. The molecule has 2 aromatic rings. The number of aromatic nitrogens is 1. The molecule has 3 N–H and O–H groups in total. The zero-order valence-electron chi connectivity index (χ0n) is 14.2. The number of phenols is 1. The minimum atomic E-state index is -3.65. The number of nitrogens with zero attached hydrogens (tertiary/aromatic N) is 1. The number of aromatic hydroxyl groups is 1. The Kier molecular flexibility index (Phi) is 5.18. The third-order valence-electron chi connectivity index (χ3n) is 3.75. The van der Waals surface area contributed by atoms with Gasteiger partial charge in [0.2, 0.25) is 0 Å². The molecule has 0 bridgehead atoms. The first-order valence-electron chi connectivity index (χ1n) is 7.23. The van der Waals surface area contributed by atoms with Crippen LogP contribution < -0.4 is 10.2 Å². The highest BCUT2D eigenvalue weighted by Gasteiger charge is 2.16. The summed E-state index contributed by atoms with van der Waals surface area (Å²) >= 11 is 0. The van der Waals surface area contributed by atoms with E-state index in [-0.39, 0.29) is 5.75 Å². The van der Waals surface area contributed by atoms with Crippen molar-refractivity contribution >= 4 is 13.4 Å². The highest BCUT2D eigenvalue weighted by Crippen LogP contribution is 2.39. The Labute approximate surface area is 140 Å². The van der Waals surface area contributed by atoms with Gasteiger partial charge in [-0.2, -0.15) is 4.62 Å². The number of aryl methyl sites for hydroxylation is 1. The minimum absolute atomic E-state index is 0.108. The number of anilines is 1. The van der Waals surface area contributed by atoms with Crippen LogP contribution in [0.2, 0.25) is 0 Å². The molecule has 1 aromatic heterocycles. The Balaban J connectivity index is 2.45. The largest absolute Gasteiger partial charge is 0.504 e. The van der Waals surface area contributed by atoms with Gasteiger partial charge in [0.1, 0.15) is 0 Å². The van der Waals surface area contributed by atoms with Crippen molar-refractivity contribution in [2.75, 3.05) is 19.3 Å². The molecule has 1 unspecified atom stereocenters. The number of phenolic OH excluding ortho intramolecular Hbond substituents is 1. The molecule has 1 aromatic carbocycles. The maximum absolute atomic E-state index is 11.2. The van der Waals surface area contributed by atoms with Crippen molar-refractivity contribution in [1.29, 1.82) is 0 Å². The van der Waals surface area contributed by atoms with Crippen LogP contribution in [-0.4, -0.2) is 28.8 Å². The molecule has 24 heavy (non-hydrogen) atoms. The van der Waals surface area contributed by atoms with Crippen molar-refractivity contribution in [1.82, 2.24) is 4.98 Å². The first kappa shape index (κ1) is 18.3. The third kappa shape index (κ3) is 3.87. The van der Waals surface area contributed by atoms with Crippen LogP contribution in [0.25, 0.3) is 11.1 Å². The third-order valence-corrected chi connectivity index (χ3v) is 4.18. The highest BCUT2D eigenvalue weighted by molar-refractivity contribution is 7.51. The second kappa shape index (κ2) is 6.81. The average Bonchev–Trinajstić information content (AvgIpc) is 2.50. The number of benzene rings is 1. The van der Waals surface area contributed by atoms with E-state index in [1.807, 2.05) is 19.9 Å². The number of ether oxygens (including phenoxy) is 1. The zero-order chi connectivity index (χ0) is 18.1. The molecule has 0 amide bonds. The van der Waals surface area contributed by atoms with Crippen LogP contribution in [0.15, 0.2) is 18.3 Å². The van der Waals surface area contributed by atoms with Crippen molar-refractivity contribution in [3.63, 3.8) is 0 Å². The minimum Gasteiger partial charge on any atom is -0.504 e. The van der Waals surface area contributed by atoms with Crippen molar-refractivity contribution in [3.8, 4) is 22.6 Å². The van der Waals surface area contributed by atoms with Gasteiger partial charge in [-0.25, -0.2) is 10.5 Å². The Hall–Kier alpha value is -2.08. The smallest absolute Gasteiger partial charge is 0.346 e. The first-order chi connectivity index (χ1) is 11.1. The summed E-state index contributed by atoms with van der Waals surface area (Å²) in [6, 6.07) is 3.59. The molecule has 0 aliphatic heterocycles. The molecule has 0 saturated heterocycles. The van der Waals surface area contributed by atoms with E-state index in [4.69, 9.17) is 9.36 Å². The second-order valence-electron chi connectivity index (χ2n) is 5.61. The van der Waals surface area contributed by atoms with E-state index in [9.17, 15) is 14.6 Å². The van der Waals surface area contributed by atoms with Crippen LogP contribution in [0, 0.1) is 20.8 Å². The molecule has 0 aliphatic carbocycles. The summed E-state index contributed by atoms with van der Waals surface area (Å²) < 4.78 is 21.1. The van der Waals surface area contributed by atoms with E-state index in [1.54, 1.807) is 19.2 Å². The van der Waals surface area contributed by atoms with Gasteiger partial charge in [-0.05, 0) is 55.2 Å². The van der Waals surface area contributed by atoms with Gasteiger partial charge in [0.05, 0.1) is 7.11 Å². The molecule has 0 saturated carbocycles. The zero-order valence-corrected chi connectivity index (χ0v) is 15.1. The van der Waals surface area contributed by atoms with E-state index in [1.165, 1.54) is 7.11 Å². The molecular formula is C16H21N2O5P. The number of hydrogen-bond acceptors (Lipinski definition) is 6. The van der Waals surface area contributed by atoms with Crippen molar-refractivity contribution in [2.24, 2.45) is 0 Å². The van der Waals surface area contributed by atoms with Crippen LogP contribution >= 0.6 is 7.60 Å². The number of hydrogen-bond donors (Lipinski definition) is 3. The Morgan fingerprint density at radius 1 is 1.21 bits per heavy atom. The molecule has 7 nitrogen and oxygen atoms in total. The lowest BCUT2D eigenvalue weighted by molar-refractivity contribution is 0.316. The predicted octanol–water partition coefficient (Wildman–Crippen LogP) is 3.55. The standard InChI is InChI=1S/C16H21N2O5P/c1-9-6-12(7-14(22-4)15(9)19)13-8-17-16(11(3)10(13)2)18-23-24(5,20)21/h6-8,19H,1-5H3,(H,17,18)(H,20,21). The SMILES string of the molecule is COc1cc(-c2cnc(NOP(C)(=O)O)c(C)c2C)cc(C)c1O. The summed E-state index contributed by atoms with van der Waals surface area (Å²) in [7, 11) is -2.16. The molecule has 8 heteroatoms. The first-order valence-corrected chi connectivity index (χ1v) is 9.25. The number of pyridine rings is 1. The average molecular weight is 352 g/mol. The highest BCUT2D eigenvalue weighted by atomic mass is 31.2. The van der Waals surface area contributed by atoms with E-state index in [0.29, 0.717) is 17.1 Å².